The summed E-state index contributed by atoms with van der Waals surface area (Å²) in [6, 6.07) is 5.93. The first-order valence-electron chi connectivity index (χ1n) is 7.54. The van der Waals surface area contributed by atoms with E-state index in [9.17, 15) is 9.59 Å². The minimum Gasteiger partial charge on any atom is -0.486 e. The summed E-state index contributed by atoms with van der Waals surface area (Å²) in [5, 5.41) is 2.55. The molecule has 1 aliphatic rings. The van der Waals surface area contributed by atoms with Gasteiger partial charge in [0.05, 0.1) is 6.61 Å². The summed E-state index contributed by atoms with van der Waals surface area (Å²) >= 11 is 0. The Labute approximate surface area is 129 Å². The summed E-state index contributed by atoms with van der Waals surface area (Å²) in [6.07, 6.45) is 2.58. The number of ether oxygens (including phenoxy) is 3. The second-order valence-corrected chi connectivity index (χ2v) is 4.91. The summed E-state index contributed by atoms with van der Waals surface area (Å²) < 4.78 is 15.6. The van der Waals surface area contributed by atoms with Gasteiger partial charge >= 0.3 is 11.9 Å². The van der Waals surface area contributed by atoms with Gasteiger partial charge in [0.25, 0.3) is 0 Å². The van der Waals surface area contributed by atoms with Gasteiger partial charge in [0.1, 0.15) is 13.2 Å². The lowest BCUT2D eigenvalue weighted by atomic mass is 10.1. The molecule has 1 heterocycles. The first-order valence-corrected chi connectivity index (χ1v) is 7.54. The Morgan fingerprint density at radius 2 is 1.95 bits per heavy atom. The van der Waals surface area contributed by atoms with Crippen LogP contribution < -0.4 is 14.8 Å². The number of esters is 1. The number of unbranched alkanes of at least 4 members (excludes halogenated alkanes) is 1. The van der Waals surface area contributed by atoms with Crippen LogP contribution in [0.4, 0.5) is 0 Å². The van der Waals surface area contributed by atoms with Gasteiger partial charge in [0.15, 0.2) is 11.5 Å². The van der Waals surface area contributed by atoms with Crippen molar-refractivity contribution in [1.82, 2.24) is 5.32 Å². The van der Waals surface area contributed by atoms with Crippen molar-refractivity contribution in [3.63, 3.8) is 0 Å². The van der Waals surface area contributed by atoms with E-state index in [1.165, 1.54) is 5.56 Å². The third-order valence-corrected chi connectivity index (χ3v) is 3.25. The van der Waals surface area contributed by atoms with Crippen LogP contribution in [0.1, 0.15) is 25.3 Å². The predicted molar refractivity (Wildman–Crippen MR) is 80.0 cm³/mol. The van der Waals surface area contributed by atoms with Crippen molar-refractivity contribution in [2.45, 2.75) is 26.2 Å². The second-order valence-electron chi connectivity index (χ2n) is 4.91. The largest absolute Gasteiger partial charge is 0.486 e. The molecule has 0 unspecified atom stereocenters. The number of rotatable bonds is 6. The van der Waals surface area contributed by atoms with Crippen LogP contribution in [0.3, 0.4) is 0 Å². The highest BCUT2D eigenvalue weighted by Crippen LogP contribution is 2.31. The Bertz CT molecular complexity index is 529. The van der Waals surface area contributed by atoms with Crippen LogP contribution in [0.25, 0.3) is 0 Å². The monoisotopic (exact) mass is 307 g/mol. The fourth-order valence-corrected chi connectivity index (χ4v) is 2.17. The molecule has 2 rings (SSSR count). The molecule has 0 fully saturated rings. The quantitative estimate of drug-likeness (QED) is 0.489. The lowest BCUT2D eigenvalue weighted by Gasteiger charge is -2.18. The molecule has 1 aromatic carbocycles. The minimum atomic E-state index is -0.825. The van der Waals surface area contributed by atoms with Crippen LogP contribution in [0.15, 0.2) is 18.2 Å². The number of carbonyl (C=O) groups is 2. The number of carbonyl (C=O) groups excluding carboxylic acids is 2. The molecule has 0 bridgehead atoms. The number of amides is 1. The zero-order valence-electron chi connectivity index (χ0n) is 12.7. The Morgan fingerprint density at radius 3 is 2.73 bits per heavy atom. The van der Waals surface area contributed by atoms with Crippen molar-refractivity contribution in [3.8, 4) is 11.5 Å². The van der Waals surface area contributed by atoms with Crippen molar-refractivity contribution >= 4 is 11.9 Å². The van der Waals surface area contributed by atoms with Crippen LogP contribution in [-0.4, -0.2) is 38.2 Å². The van der Waals surface area contributed by atoms with Gasteiger partial charge in [0, 0.05) is 6.54 Å². The smallest absolute Gasteiger partial charge is 0.396 e. The molecule has 1 aliphatic heterocycles. The highest BCUT2D eigenvalue weighted by atomic mass is 16.6. The van der Waals surface area contributed by atoms with Gasteiger partial charge in [-0.2, -0.15) is 0 Å². The average molecular weight is 307 g/mol. The first-order chi connectivity index (χ1) is 10.7. The number of nitrogens with one attached hydrogen (secondary N) is 1. The fourth-order valence-electron chi connectivity index (χ4n) is 2.17. The van der Waals surface area contributed by atoms with Crippen LogP contribution in [0.5, 0.6) is 11.5 Å². The summed E-state index contributed by atoms with van der Waals surface area (Å²) in [4.78, 5) is 22.4. The molecule has 6 nitrogen and oxygen atoms in total. The van der Waals surface area contributed by atoms with Crippen LogP contribution in [0.2, 0.25) is 0 Å². The molecule has 1 amide bonds. The maximum Gasteiger partial charge on any atom is 0.396 e. The molecule has 0 aromatic heterocycles. The lowest BCUT2D eigenvalue weighted by molar-refractivity contribution is -0.154. The maximum absolute atomic E-state index is 11.3. The third-order valence-electron chi connectivity index (χ3n) is 3.25. The number of hydrogen-bond donors (Lipinski definition) is 1. The van der Waals surface area contributed by atoms with Gasteiger partial charge in [-0.15, -0.1) is 0 Å². The molecular formula is C16H21NO5. The van der Waals surface area contributed by atoms with E-state index >= 15 is 0 Å². The third kappa shape index (κ3) is 4.65. The Hall–Kier alpha value is -2.24. The topological polar surface area (TPSA) is 73.9 Å². The van der Waals surface area contributed by atoms with Crippen LogP contribution in [0, 0.1) is 0 Å². The minimum absolute atomic E-state index is 0.205. The van der Waals surface area contributed by atoms with Crippen LogP contribution >= 0.6 is 0 Å². The highest BCUT2D eigenvalue weighted by Gasteiger charge is 2.13. The summed E-state index contributed by atoms with van der Waals surface area (Å²) in [6.45, 7) is 3.50. The predicted octanol–water partition coefficient (Wildman–Crippen LogP) is 1.46. The van der Waals surface area contributed by atoms with Gasteiger partial charge in [-0.25, -0.2) is 4.79 Å². The van der Waals surface area contributed by atoms with E-state index in [0.29, 0.717) is 19.8 Å². The lowest BCUT2D eigenvalue weighted by Crippen LogP contribution is -2.33. The molecule has 1 N–H and O–H groups in total. The second kappa shape index (κ2) is 8.26. The van der Waals surface area contributed by atoms with Gasteiger partial charge in [0.2, 0.25) is 0 Å². The molecule has 0 atom stereocenters. The number of benzene rings is 1. The van der Waals surface area contributed by atoms with Gasteiger partial charge in [-0.3, -0.25) is 4.79 Å². The Balaban J connectivity index is 1.66. The fraction of sp³-hybridized carbons (Fsp3) is 0.500. The number of hydrogen-bond acceptors (Lipinski definition) is 5. The zero-order valence-corrected chi connectivity index (χ0v) is 12.7. The average Bonchev–Trinajstić information content (AvgIpc) is 2.54. The molecule has 0 radical (unpaired) electrons. The van der Waals surface area contributed by atoms with Crippen molar-refractivity contribution in [1.29, 1.82) is 0 Å². The van der Waals surface area contributed by atoms with Gasteiger partial charge in [-0.05, 0) is 43.9 Å². The van der Waals surface area contributed by atoms with Crippen molar-refractivity contribution in [3.05, 3.63) is 23.8 Å². The molecule has 120 valence electrons. The standard InChI is InChI=1S/C16H21NO5/c1-2-20-16(19)15(18)17-8-4-3-5-12-6-7-13-14(11-12)22-10-9-21-13/h6-7,11H,2-5,8-10H2,1H3,(H,17,18). The molecular weight excluding hydrogens is 286 g/mol. The Morgan fingerprint density at radius 1 is 1.18 bits per heavy atom. The molecule has 0 saturated heterocycles. The normalized spacial score (nSPS) is 12.6. The van der Waals surface area contributed by atoms with E-state index in [-0.39, 0.29) is 6.61 Å². The molecule has 0 aliphatic carbocycles. The first kappa shape index (κ1) is 16.1. The van der Waals surface area contributed by atoms with Gasteiger partial charge in [-0.1, -0.05) is 6.07 Å². The summed E-state index contributed by atoms with van der Waals surface area (Å²) in [7, 11) is 0. The van der Waals surface area contributed by atoms with Crippen molar-refractivity contribution in [2.75, 3.05) is 26.4 Å². The van der Waals surface area contributed by atoms with E-state index in [1.54, 1.807) is 6.92 Å². The maximum atomic E-state index is 11.3. The molecule has 6 heteroatoms. The number of fused-ring (bicyclic) bond motifs is 1. The molecule has 0 saturated carbocycles. The highest BCUT2D eigenvalue weighted by molar-refractivity contribution is 6.32. The van der Waals surface area contributed by atoms with Crippen molar-refractivity contribution < 1.29 is 23.8 Å². The SMILES string of the molecule is CCOC(=O)C(=O)NCCCCc1ccc2c(c1)OCCO2. The van der Waals surface area contributed by atoms with E-state index in [2.05, 4.69) is 10.1 Å². The van der Waals surface area contributed by atoms with Crippen molar-refractivity contribution in [2.24, 2.45) is 0 Å². The van der Waals surface area contributed by atoms with E-state index < -0.39 is 11.9 Å². The molecule has 22 heavy (non-hydrogen) atoms. The van der Waals surface area contributed by atoms with E-state index in [4.69, 9.17) is 9.47 Å². The van der Waals surface area contributed by atoms with E-state index in [0.717, 1.165) is 30.8 Å². The van der Waals surface area contributed by atoms with Gasteiger partial charge < -0.3 is 19.5 Å². The summed E-state index contributed by atoms with van der Waals surface area (Å²) in [5.74, 6) is 0.0755. The summed E-state index contributed by atoms with van der Waals surface area (Å²) in [5.41, 5.74) is 1.17. The molecule has 0 spiro atoms. The Kier molecular flexibility index (Phi) is 6.06. The van der Waals surface area contributed by atoms with Crippen LogP contribution in [-0.2, 0) is 20.7 Å². The van der Waals surface area contributed by atoms with E-state index in [1.807, 2.05) is 18.2 Å². The zero-order chi connectivity index (χ0) is 15.8. The molecule has 1 aromatic rings. The number of aryl methyl sites for hydroxylation is 1.